The Kier molecular flexibility index (Phi) is 5.14. The van der Waals surface area contributed by atoms with Crippen LogP contribution >= 0.6 is 11.8 Å². The van der Waals surface area contributed by atoms with Gasteiger partial charge in [-0.15, -0.1) is 0 Å². The molecule has 2 unspecified atom stereocenters. The van der Waals surface area contributed by atoms with Gasteiger partial charge < -0.3 is 10.2 Å². The Morgan fingerprint density at radius 2 is 2.31 bits per heavy atom. The molecule has 0 aromatic carbocycles. The van der Waals surface area contributed by atoms with E-state index in [9.17, 15) is 0 Å². The first-order valence-electron chi connectivity index (χ1n) is 5.17. The number of rotatable bonds is 4. The van der Waals surface area contributed by atoms with Crippen molar-refractivity contribution in [2.24, 2.45) is 0 Å². The van der Waals surface area contributed by atoms with Crippen molar-refractivity contribution in [2.45, 2.75) is 31.8 Å². The van der Waals surface area contributed by atoms with E-state index in [4.69, 9.17) is 0 Å². The third-order valence-corrected chi connectivity index (χ3v) is 3.53. The second-order valence-corrected chi connectivity index (χ2v) is 5.39. The van der Waals surface area contributed by atoms with Crippen molar-refractivity contribution in [2.75, 3.05) is 32.1 Å². The van der Waals surface area contributed by atoms with Gasteiger partial charge in [0.05, 0.1) is 0 Å². The summed E-state index contributed by atoms with van der Waals surface area (Å²) in [4.78, 5) is 2.24. The third-order valence-electron chi connectivity index (χ3n) is 2.32. The Balaban J connectivity index is 2.14. The third kappa shape index (κ3) is 4.89. The fourth-order valence-electron chi connectivity index (χ4n) is 1.87. The second-order valence-electron chi connectivity index (χ2n) is 4.24. The molecule has 1 heterocycles. The van der Waals surface area contributed by atoms with Crippen LogP contribution in [-0.4, -0.2) is 49.1 Å². The molecule has 3 heteroatoms. The summed E-state index contributed by atoms with van der Waals surface area (Å²) >= 11 is 2.09. The molecule has 0 radical (unpaired) electrons. The molecule has 0 amide bonds. The molecule has 0 aliphatic carbocycles. The molecule has 1 rings (SSSR count). The maximum atomic E-state index is 3.69. The van der Waals surface area contributed by atoms with Crippen LogP contribution in [0.15, 0.2) is 0 Å². The molecule has 1 saturated heterocycles. The predicted octanol–water partition coefficient (Wildman–Crippen LogP) is 1.42. The molecule has 2 nitrogen and oxygen atoms in total. The van der Waals surface area contributed by atoms with E-state index in [0.29, 0.717) is 6.04 Å². The van der Waals surface area contributed by atoms with Gasteiger partial charge in [0.25, 0.3) is 0 Å². The molecule has 13 heavy (non-hydrogen) atoms. The highest BCUT2D eigenvalue weighted by atomic mass is 32.2. The molecular weight excluding hydrogens is 180 g/mol. The summed E-state index contributed by atoms with van der Waals surface area (Å²) in [6.45, 7) is 3.42. The average Bonchev–Trinajstić information content (AvgIpc) is 2.04. The van der Waals surface area contributed by atoms with E-state index < -0.39 is 0 Å². The highest BCUT2D eigenvalue weighted by Crippen LogP contribution is 2.17. The normalized spacial score (nSPS) is 26.3. The van der Waals surface area contributed by atoms with E-state index in [1.807, 2.05) is 0 Å². The average molecular weight is 202 g/mol. The predicted molar refractivity (Wildman–Crippen MR) is 61.5 cm³/mol. The molecule has 1 fully saturated rings. The van der Waals surface area contributed by atoms with Gasteiger partial charge in [-0.1, -0.05) is 0 Å². The van der Waals surface area contributed by atoms with Gasteiger partial charge in [0.2, 0.25) is 0 Å². The standard InChI is InChI=1S/C10H22N2S/c1-9(7-12(2)3)11-10-5-4-6-13-8-10/h9-11H,4-8H2,1-3H3. The Bertz CT molecular complexity index is 133. The second kappa shape index (κ2) is 5.89. The van der Waals surface area contributed by atoms with Gasteiger partial charge >= 0.3 is 0 Å². The minimum absolute atomic E-state index is 0.624. The lowest BCUT2D eigenvalue weighted by atomic mass is 10.1. The molecule has 0 aromatic rings. The van der Waals surface area contributed by atoms with Crippen LogP contribution < -0.4 is 5.32 Å². The van der Waals surface area contributed by atoms with Gasteiger partial charge in [-0.25, -0.2) is 0 Å². The number of nitrogens with one attached hydrogen (secondary N) is 1. The Morgan fingerprint density at radius 1 is 1.54 bits per heavy atom. The van der Waals surface area contributed by atoms with E-state index in [2.05, 4.69) is 43.0 Å². The molecule has 1 aliphatic heterocycles. The van der Waals surface area contributed by atoms with Crippen molar-refractivity contribution in [3.8, 4) is 0 Å². The zero-order valence-corrected chi connectivity index (χ0v) is 9.86. The molecule has 0 aromatic heterocycles. The van der Waals surface area contributed by atoms with Crippen molar-refractivity contribution in [3.05, 3.63) is 0 Å². The quantitative estimate of drug-likeness (QED) is 0.742. The maximum absolute atomic E-state index is 3.69. The SMILES string of the molecule is CC(CN(C)C)NC1CCCSC1. The van der Waals surface area contributed by atoms with Crippen molar-refractivity contribution >= 4 is 11.8 Å². The van der Waals surface area contributed by atoms with E-state index in [-0.39, 0.29) is 0 Å². The van der Waals surface area contributed by atoms with Gasteiger partial charge in [0, 0.05) is 24.4 Å². The molecule has 1 aliphatic rings. The first kappa shape index (κ1) is 11.3. The van der Waals surface area contributed by atoms with Gasteiger partial charge in [-0.3, -0.25) is 0 Å². The van der Waals surface area contributed by atoms with Crippen LogP contribution in [0.2, 0.25) is 0 Å². The summed E-state index contributed by atoms with van der Waals surface area (Å²) in [6.07, 6.45) is 2.75. The molecule has 0 bridgehead atoms. The minimum Gasteiger partial charge on any atom is -0.309 e. The first-order chi connectivity index (χ1) is 6.18. The summed E-state index contributed by atoms with van der Waals surface area (Å²) in [6, 6.07) is 1.38. The maximum Gasteiger partial charge on any atom is 0.0169 e. The van der Waals surface area contributed by atoms with Gasteiger partial charge in [-0.05, 0) is 39.6 Å². The molecule has 78 valence electrons. The van der Waals surface area contributed by atoms with Gasteiger partial charge in [0.15, 0.2) is 0 Å². The lowest BCUT2D eigenvalue weighted by molar-refractivity contribution is 0.328. The topological polar surface area (TPSA) is 15.3 Å². The molecule has 0 saturated carbocycles. The van der Waals surface area contributed by atoms with Crippen LogP contribution in [0.4, 0.5) is 0 Å². The summed E-state index contributed by atoms with van der Waals surface area (Å²) in [7, 11) is 4.27. The fourth-order valence-corrected chi connectivity index (χ4v) is 2.96. The number of likely N-dealkylation sites (N-methyl/N-ethyl adjacent to an activating group) is 1. The number of hydrogen-bond acceptors (Lipinski definition) is 3. The molecule has 2 atom stereocenters. The Morgan fingerprint density at radius 3 is 2.85 bits per heavy atom. The van der Waals surface area contributed by atoms with Gasteiger partial charge in [-0.2, -0.15) is 11.8 Å². The molecule has 1 N–H and O–H groups in total. The van der Waals surface area contributed by atoms with E-state index in [1.54, 1.807) is 0 Å². The zero-order valence-electron chi connectivity index (χ0n) is 9.05. The number of thioether (sulfide) groups is 1. The highest BCUT2D eigenvalue weighted by molar-refractivity contribution is 7.99. The van der Waals surface area contributed by atoms with Crippen LogP contribution in [0.3, 0.4) is 0 Å². The van der Waals surface area contributed by atoms with Crippen LogP contribution in [0.5, 0.6) is 0 Å². The highest BCUT2D eigenvalue weighted by Gasteiger charge is 2.15. The van der Waals surface area contributed by atoms with Crippen LogP contribution in [0.25, 0.3) is 0 Å². The smallest absolute Gasteiger partial charge is 0.0169 e. The van der Waals surface area contributed by atoms with Gasteiger partial charge in [0.1, 0.15) is 0 Å². The lowest BCUT2D eigenvalue weighted by Crippen LogP contribution is -2.44. The van der Waals surface area contributed by atoms with Crippen LogP contribution in [0, 0.1) is 0 Å². The molecule has 0 spiro atoms. The van der Waals surface area contributed by atoms with Crippen molar-refractivity contribution in [3.63, 3.8) is 0 Å². The van der Waals surface area contributed by atoms with Crippen LogP contribution in [-0.2, 0) is 0 Å². The first-order valence-corrected chi connectivity index (χ1v) is 6.32. The summed E-state index contributed by atoms with van der Waals surface area (Å²) in [5.41, 5.74) is 0. The van der Waals surface area contributed by atoms with Crippen molar-refractivity contribution < 1.29 is 0 Å². The monoisotopic (exact) mass is 202 g/mol. The fraction of sp³-hybridized carbons (Fsp3) is 1.00. The van der Waals surface area contributed by atoms with E-state index in [1.165, 1.54) is 24.3 Å². The van der Waals surface area contributed by atoms with Crippen molar-refractivity contribution in [1.82, 2.24) is 10.2 Å². The summed E-state index contributed by atoms with van der Waals surface area (Å²) in [5, 5.41) is 3.69. The summed E-state index contributed by atoms with van der Waals surface area (Å²) in [5.74, 6) is 2.66. The molecular formula is C10H22N2S. The minimum atomic E-state index is 0.624. The van der Waals surface area contributed by atoms with E-state index >= 15 is 0 Å². The number of hydrogen-bond donors (Lipinski definition) is 1. The lowest BCUT2D eigenvalue weighted by Gasteiger charge is -2.27. The van der Waals surface area contributed by atoms with E-state index in [0.717, 1.165) is 12.6 Å². The Labute approximate surface area is 86.5 Å². The largest absolute Gasteiger partial charge is 0.309 e. The van der Waals surface area contributed by atoms with Crippen LogP contribution in [0.1, 0.15) is 19.8 Å². The zero-order chi connectivity index (χ0) is 9.68. The summed E-state index contributed by atoms with van der Waals surface area (Å²) < 4.78 is 0. The van der Waals surface area contributed by atoms with Crippen molar-refractivity contribution in [1.29, 1.82) is 0 Å². The number of nitrogens with zero attached hydrogens (tertiary/aromatic N) is 1. The Hall–Kier alpha value is 0.270.